The average Bonchev–Trinajstić information content (AvgIpc) is 3.23. The molecule has 22 atom stereocenters. The van der Waals surface area contributed by atoms with Crippen LogP contribution in [0.4, 0.5) is 0 Å². The highest BCUT2D eigenvalue weighted by Gasteiger charge is 2.69. The Balaban J connectivity index is 0.934. The molecule has 0 unspecified atom stereocenters. The first-order valence-electron chi connectivity index (χ1n) is 23.7. The summed E-state index contributed by atoms with van der Waals surface area (Å²) in [4.78, 5) is 13.1. The standard InChI is InChI=1S/C47H76O17/c1-42(2)14-16-47(41(57)58)17-15-45(6)22(23(47)18-42)8-9-28-44(5)12-11-29(43(3,4)27(44)10-13-46(28,45)7)64-40-37(56)34(53)32(51)26(63-40)21-61-39-36(55)33(52)31(50)25(62-39)20-60-38-35(54)30(49)24(48)19-59-38/h8,23-40,48-56H,9-21H2,1-7H3,(H,57,58)/t23-,24+,25+,26+,27-,28-,29+,30+,31+,32+,33-,34+,35-,36-,37-,38-,39-,40-,44-,45+,46-,47-/m1/s1. The van der Waals surface area contributed by atoms with Crippen LogP contribution in [0.15, 0.2) is 11.6 Å². The molecule has 366 valence electrons. The number of rotatable bonds is 9. The van der Waals surface area contributed by atoms with Crippen molar-refractivity contribution in [1.82, 2.24) is 0 Å². The van der Waals surface area contributed by atoms with E-state index in [1.54, 1.807) is 0 Å². The van der Waals surface area contributed by atoms with Gasteiger partial charge in [-0.25, -0.2) is 0 Å². The Kier molecular flexibility index (Phi) is 13.2. The van der Waals surface area contributed by atoms with Crippen molar-refractivity contribution >= 4 is 5.97 Å². The van der Waals surface area contributed by atoms with Crippen LogP contribution in [-0.2, 0) is 33.2 Å². The summed E-state index contributed by atoms with van der Waals surface area (Å²) in [5, 5.41) is 106. The second-order valence-electron chi connectivity index (χ2n) is 23.1. The van der Waals surface area contributed by atoms with Crippen molar-refractivity contribution in [2.24, 2.45) is 50.2 Å². The third-order valence-corrected chi connectivity index (χ3v) is 18.9. The summed E-state index contributed by atoms with van der Waals surface area (Å²) in [6.07, 6.45) is -11.0. The van der Waals surface area contributed by atoms with Gasteiger partial charge in [0.05, 0.1) is 31.3 Å². The van der Waals surface area contributed by atoms with E-state index in [0.717, 1.165) is 51.4 Å². The van der Waals surface area contributed by atoms with Crippen LogP contribution in [0.2, 0.25) is 0 Å². The molecule has 8 rings (SSSR count). The number of ether oxygens (including phenoxy) is 6. The van der Waals surface area contributed by atoms with Gasteiger partial charge in [-0.2, -0.15) is 0 Å². The number of aliphatic carboxylic acids is 1. The minimum Gasteiger partial charge on any atom is -0.481 e. The van der Waals surface area contributed by atoms with Gasteiger partial charge in [-0.05, 0) is 109 Å². The molecule has 0 aromatic rings. The fourth-order valence-corrected chi connectivity index (χ4v) is 14.7. The molecule has 0 amide bonds. The van der Waals surface area contributed by atoms with Crippen LogP contribution in [0.1, 0.15) is 113 Å². The third-order valence-electron chi connectivity index (χ3n) is 18.9. The van der Waals surface area contributed by atoms with Gasteiger partial charge in [0.15, 0.2) is 18.9 Å². The maximum Gasteiger partial charge on any atom is 0.310 e. The average molecular weight is 913 g/mol. The van der Waals surface area contributed by atoms with Gasteiger partial charge in [0, 0.05) is 0 Å². The van der Waals surface area contributed by atoms with Crippen LogP contribution in [0.25, 0.3) is 0 Å². The minimum absolute atomic E-state index is 0.0313. The quantitative estimate of drug-likeness (QED) is 0.116. The van der Waals surface area contributed by atoms with Crippen LogP contribution in [-0.4, -0.2) is 169 Å². The third kappa shape index (κ3) is 7.76. The summed E-state index contributed by atoms with van der Waals surface area (Å²) >= 11 is 0. The van der Waals surface area contributed by atoms with Gasteiger partial charge in [-0.1, -0.05) is 60.1 Å². The lowest BCUT2D eigenvalue weighted by molar-refractivity contribution is -0.348. The maximum atomic E-state index is 13.1. The first-order chi connectivity index (χ1) is 29.8. The second-order valence-corrected chi connectivity index (χ2v) is 23.1. The van der Waals surface area contributed by atoms with Crippen LogP contribution >= 0.6 is 0 Å². The Morgan fingerprint density at radius 1 is 0.656 bits per heavy atom. The van der Waals surface area contributed by atoms with Gasteiger partial charge in [-0.3, -0.25) is 4.79 Å². The Bertz CT molecular complexity index is 1740. The predicted molar refractivity (Wildman–Crippen MR) is 225 cm³/mol. The highest BCUT2D eigenvalue weighted by atomic mass is 16.7. The summed E-state index contributed by atoms with van der Waals surface area (Å²) in [6, 6.07) is 0. The lowest BCUT2D eigenvalue weighted by Gasteiger charge is -2.71. The zero-order valence-corrected chi connectivity index (χ0v) is 38.5. The number of aliphatic hydroxyl groups excluding tert-OH is 9. The second kappa shape index (κ2) is 17.2. The maximum absolute atomic E-state index is 13.1. The zero-order valence-electron chi connectivity index (χ0n) is 38.5. The van der Waals surface area contributed by atoms with Crippen LogP contribution in [0.3, 0.4) is 0 Å². The molecule has 0 aromatic carbocycles. The SMILES string of the molecule is CC1(C)CC[C@@]2(C(=O)O)CC[C@@]3(C)C(=CC[C@@H]4[C@]5(C)CC[C@H](O[C@H]6O[C@@H](CO[C@@H]7O[C@@H](CO[C@H]8OC[C@H](O)[C@H](O)[C@H]8O)[C@H](O)[C@@H](O)[C@H]7O)[C@H](O)[C@H](O)[C@H]6O)C(C)(C)[C@H]5CC[C@]43C)[C@H]2C1. The first-order valence-corrected chi connectivity index (χ1v) is 23.7. The van der Waals surface area contributed by atoms with E-state index in [9.17, 15) is 55.9 Å². The highest BCUT2D eigenvalue weighted by Crippen LogP contribution is 2.76. The largest absolute Gasteiger partial charge is 0.481 e. The van der Waals surface area contributed by atoms with Gasteiger partial charge >= 0.3 is 5.97 Å². The number of carbonyl (C=O) groups is 1. The van der Waals surface area contributed by atoms with E-state index >= 15 is 0 Å². The molecule has 17 nitrogen and oxygen atoms in total. The van der Waals surface area contributed by atoms with Crippen LogP contribution in [0, 0.1) is 50.2 Å². The Labute approximate surface area is 376 Å². The molecule has 3 saturated heterocycles. The first kappa shape index (κ1) is 49.0. The predicted octanol–water partition coefficient (Wildman–Crippen LogP) is 1.35. The van der Waals surface area contributed by atoms with E-state index < -0.39 is 122 Å². The van der Waals surface area contributed by atoms with E-state index in [1.165, 1.54) is 5.57 Å². The van der Waals surface area contributed by atoms with E-state index in [0.29, 0.717) is 18.8 Å². The van der Waals surface area contributed by atoms with E-state index in [4.69, 9.17) is 28.4 Å². The van der Waals surface area contributed by atoms with Gasteiger partial charge in [-0.15, -0.1) is 0 Å². The molecule has 8 aliphatic rings. The van der Waals surface area contributed by atoms with Crippen LogP contribution < -0.4 is 0 Å². The van der Waals surface area contributed by atoms with Gasteiger partial charge in [0.2, 0.25) is 0 Å². The van der Waals surface area contributed by atoms with E-state index in [1.807, 2.05) is 0 Å². The van der Waals surface area contributed by atoms with E-state index in [-0.39, 0.29) is 40.1 Å². The monoisotopic (exact) mass is 913 g/mol. The normalized spacial score (nSPS) is 53.5. The number of carboxylic acid groups (broad SMARTS) is 1. The molecule has 10 N–H and O–H groups in total. The molecular weight excluding hydrogens is 836 g/mol. The summed E-state index contributed by atoms with van der Waals surface area (Å²) in [7, 11) is 0. The van der Waals surface area contributed by atoms with Gasteiger partial charge in [0.25, 0.3) is 0 Å². The van der Waals surface area contributed by atoms with Crippen molar-refractivity contribution in [2.75, 3.05) is 19.8 Å². The van der Waals surface area contributed by atoms with Crippen molar-refractivity contribution < 1.29 is 84.3 Å². The molecule has 64 heavy (non-hydrogen) atoms. The topological polar surface area (TPSA) is 275 Å². The molecule has 3 aliphatic heterocycles. The van der Waals surface area contributed by atoms with Gasteiger partial charge in [0.1, 0.15) is 67.1 Å². The number of aliphatic hydroxyl groups is 9. The molecule has 5 aliphatic carbocycles. The molecule has 0 bridgehead atoms. The van der Waals surface area contributed by atoms with Crippen molar-refractivity contribution in [3.8, 4) is 0 Å². The zero-order chi connectivity index (χ0) is 46.7. The fourth-order valence-electron chi connectivity index (χ4n) is 14.7. The Morgan fingerprint density at radius 3 is 1.88 bits per heavy atom. The number of carboxylic acids is 1. The Hall–Kier alpha value is -1.39. The number of fused-ring (bicyclic) bond motifs is 7. The lowest BCUT2D eigenvalue weighted by atomic mass is 9.33. The van der Waals surface area contributed by atoms with Crippen molar-refractivity contribution in [1.29, 1.82) is 0 Å². The summed E-state index contributed by atoms with van der Waals surface area (Å²) in [6.45, 7) is 15.0. The van der Waals surface area contributed by atoms with Crippen molar-refractivity contribution in [3.05, 3.63) is 11.6 Å². The van der Waals surface area contributed by atoms with Crippen molar-refractivity contribution in [2.45, 2.75) is 205 Å². The van der Waals surface area contributed by atoms with E-state index in [2.05, 4.69) is 54.5 Å². The number of hydrogen-bond acceptors (Lipinski definition) is 16. The summed E-state index contributed by atoms with van der Waals surface area (Å²) < 4.78 is 35.0. The molecule has 17 heteroatoms. The summed E-state index contributed by atoms with van der Waals surface area (Å²) in [5.74, 6) is -0.0215. The number of allylic oxidation sites excluding steroid dienone is 2. The van der Waals surface area contributed by atoms with Crippen LogP contribution in [0.5, 0.6) is 0 Å². The molecule has 3 heterocycles. The smallest absolute Gasteiger partial charge is 0.310 e. The molecule has 0 aromatic heterocycles. The molecule has 7 fully saturated rings. The highest BCUT2D eigenvalue weighted by molar-refractivity contribution is 5.76. The van der Waals surface area contributed by atoms with Gasteiger partial charge < -0.3 is 79.5 Å². The van der Waals surface area contributed by atoms with Crippen molar-refractivity contribution in [3.63, 3.8) is 0 Å². The minimum atomic E-state index is -1.77. The Morgan fingerprint density at radius 2 is 1.23 bits per heavy atom. The fraction of sp³-hybridized carbons (Fsp3) is 0.936. The summed E-state index contributed by atoms with van der Waals surface area (Å²) in [5.41, 5.74) is 0.136. The molecule has 4 saturated carbocycles. The molecular formula is C47H76O17. The molecule has 0 spiro atoms. The molecule has 0 radical (unpaired) electrons. The number of hydrogen-bond donors (Lipinski definition) is 10. The lowest BCUT2D eigenvalue weighted by Crippen LogP contribution is -2.66.